The smallest absolute Gasteiger partial charge is 0.258 e. The molecule has 0 aliphatic carbocycles. The van der Waals surface area contributed by atoms with Crippen LogP contribution in [0.5, 0.6) is 11.5 Å². The van der Waals surface area contributed by atoms with E-state index in [2.05, 4.69) is 20.6 Å². The highest BCUT2D eigenvalue weighted by Gasteiger charge is 2.42. The fourth-order valence-corrected chi connectivity index (χ4v) is 6.68. The summed E-state index contributed by atoms with van der Waals surface area (Å²) in [7, 11) is 3.24. The van der Waals surface area contributed by atoms with Gasteiger partial charge in [0.1, 0.15) is 29.0 Å². The molecule has 6 aromatic rings. The minimum absolute atomic E-state index is 0.00831. The van der Waals surface area contributed by atoms with E-state index in [1.165, 1.54) is 6.20 Å². The fraction of sp³-hybridized carbons (Fsp3) is 0.182. The first-order chi connectivity index (χ1) is 26.9. The van der Waals surface area contributed by atoms with Gasteiger partial charge in [-0.25, -0.2) is 4.98 Å². The quantitative estimate of drug-likeness (QED) is 0.105. The van der Waals surface area contributed by atoms with Gasteiger partial charge < -0.3 is 29.4 Å². The van der Waals surface area contributed by atoms with Gasteiger partial charge in [0.15, 0.2) is 0 Å². The van der Waals surface area contributed by atoms with Crippen molar-refractivity contribution in [3.8, 4) is 11.5 Å². The summed E-state index contributed by atoms with van der Waals surface area (Å²) in [6, 6.07) is 42.6. The van der Waals surface area contributed by atoms with E-state index in [-0.39, 0.29) is 24.8 Å². The molecule has 0 unspecified atom stereocenters. The van der Waals surface area contributed by atoms with Crippen LogP contribution in [0, 0.1) is 0 Å². The van der Waals surface area contributed by atoms with Gasteiger partial charge >= 0.3 is 0 Å². The van der Waals surface area contributed by atoms with Gasteiger partial charge in [0, 0.05) is 29.3 Å². The number of amides is 2. The zero-order valence-electron chi connectivity index (χ0n) is 30.3. The molecule has 55 heavy (non-hydrogen) atoms. The van der Waals surface area contributed by atoms with Crippen LogP contribution in [0.1, 0.15) is 55.5 Å². The second-order valence-corrected chi connectivity index (χ2v) is 12.9. The number of carbonyl (C=O) groups is 2. The van der Waals surface area contributed by atoms with Crippen LogP contribution >= 0.6 is 0 Å². The van der Waals surface area contributed by atoms with Crippen LogP contribution in [0.25, 0.3) is 0 Å². The minimum atomic E-state index is -1.13. The summed E-state index contributed by atoms with van der Waals surface area (Å²) in [5.74, 6) is 0.703. The maximum atomic E-state index is 13.4. The Balaban J connectivity index is 1.20. The highest BCUT2D eigenvalue weighted by molar-refractivity contribution is 6.05. The molecule has 1 fully saturated rings. The number of aliphatic hydroxyl groups excluding tert-OH is 1. The number of nitrogens with one attached hydrogen (secondary N) is 2. The zero-order chi connectivity index (χ0) is 38.2. The van der Waals surface area contributed by atoms with Crippen molar-refractivity contribution in [2.24, 2.45) is 0 Å². The Morgan fingerprint density at radius 3 is 1.73 bits per heavy atom. The van der Waals surface area contributed by atoms with Crippen molar-refractivity contribution < 1.29 is 33.6 Å². The average molecular weight is 737 g/mol. The monoisotopic (exact) mass is 736 g/mol. The molecule has 2 amide bonds. The fourth-order valence-electron chi connectivity index (χ4n) is 6.68. The van der Waals surface area contributed by atoms with Crippen molar-refractivity contribution in [2.75, 3.05) is 31.5 Å². The van der Waals surface area contributed by atoms with Crippen molar-refractivity contribution in [3.05, 3.63) is 179 Å². The topological polar surface area (TPSA) is 141 Å². The molecule has 1 aromatic heterocycles. The number of aromatic nitrogens is 2. The van der Waals surface area contributed by atoms with Crippen molar-refractivity contribution in [1.82, 2.24) is 9.97 Å². The van der Waals surface area contributed by atoms with Gasteiger partial charge in [-0.2, -0.15) is 4.98 Å². The van der Waals surface area contributed by atoms with E-state index in [4.69, 9.17) is 18.9 Å². The molecular formula is C44H40N4O7. The third-order valence-electron chi connectivity index (χ3n) is 9.55. The number of carbonyl (C=O) groups excluding carboxylic acids is 2. The number of methoxy groups -OCH3 is 2. The molecule has 1 aliphatic rings. The Morgan fingerprint density at radius 2 is 1.20 bits per heavy atom. The van der Waals surface area contributed by atoms with Crippen LogP contribution in [0.4, 0.5) is 11.8 Å². The number of hydrogen-bond donors (Lipinski definition) is 3. The first-order valence-corrected chi connectivity index (χ1v) is 17.8. The number of anilines is 2. The lowest BCUT2D eigenvalue weighted by atomic mass is 9.80. The van der Waals surface area contributed by atoms with Gasteiger partial charge in [0.25, 0.3) is 11.8 Å². The second-order valence-electron chi connectivity index (χ2n) is 12.9. The highest BCUT2D eigenvalue weighted by atomic mass is 16.6. The Bertz CT molecular complexity index is 2160. The predicted octanol–water partition coefficient (Wildman–Crippen LogP) is 7.20. The molecule has 1 saturated heterocycles. The van der Waals surface area contributed by atoms with Gasteiger partial charge in [-0.15, -0.1) is 0 Å². The van der Waals surface area contributed by atoms with Crippen molar-refractivity contribution >= 4 is 23.6 Å². The van der Waals surface area contributed by atoms with E-state index in [0.29, 0.717) is 28.2 Å². The Hall–Kier alpha value is -6.40. The van der Waals surface area contributed by atoms with Gasteiger partial charge in [0.05, 0.1) is 33.0 Å². The Morgan fingerprint density at radius 1 is 0.709 bits per heavy atom. The van der Waals surface area contributed by atoms with Crippen LogP contribution in [0.2, 0.25) is 0 Å². The third-order valence-corrected chi connectivity index (χ3v) is 9.55. The number of ether oxygens (including phenoxy) is 4. The number of benzene rings is 5. The average Bonchev–Trinajstić information content (AvgIpc) is 3.62. The first-order valence-electron chi connectivity index (χ1n) is 17.8. The number of aliphatic hydroxyl groups is 1. The molecule has 5 aromatic carbocycles. The molecule has 7 rings (SSSR count). The number of nitrogens with zero attached hydrogens (tertiary/aromatic N) is 2. The normalized spacial score (nSPS) is 16.6. The van der Waals surface area contributed by atoms with Crippen LogP contribution in [-0.4, -0.2) is 59.9 Å². The van der Waals surface area contributed by atoms with Crippen LogP contribution in [0.15, 0.2) is 146 Å². The first kappa shape index (κ1) is 36.9. The van der Waals surface area contributed by atoms with Gasteiger partial charge in [0.2, 0.25) is 5.95 Å². The minimum Gasteiger partial charge on any atom is -0.497 e. The summed E-state index contributed by atoms with van der Waals surface area (Å²) in [6.07, 6.45) is -0.774. The van der Waals surface area contributed by atoms with Crippen LogP contribution < -0.4 is 20.1 Å². The zero-order valence-corrected chi connectivity index (χ0v) is 30.3. The van der Waals surface area contributed by atoms with E-state index < -0.39 is 35.7 Å². The molecule has 1 aliphatic heterocycles. The van der Waals surface area contributed by atoms with E-state index in [1.807, 2.05) is 91.0 Å². The van der Waals surface area contributed by atoms with Gasteiger partial charge in [-0.1, -0.05) is 91.0 Å². The lowest BCUT2D eigenvalue weighted by molar-refractivity contribution is -0.0827. The summed E-state index contributed by atoms with van der Waals surface area (Å²) in [5.41, 5.74) is 2.67. The van der Waals surface area contributed by atoms with Crippen LogP contribution in [-0.2, 0) is 15.1 Å². The van der Waals surface area contributed by atoms with E-state index in [1.54, 1.807) is 62.8 Å². The summed E-state index contributed by atoms with van der Waals surface area (Å²) in [5, 5.41) is 17.1. The Labute approximate surface area is 318 Å². The largest absolute Gasteiger partial charge is 0.497 e. The molecule has 11 nitrogen and oxygen atoms in total. The maximum absolute atomic E-state index is 13.4. The molecule has 0 saturated carbocycles. The van der Waals surface area contributed by atoms with Gasteiger partial charge in [-0.05, 0) is 65.2 Å². The molecule has 278 valence electrons. The summed E-state index contributed by atoms with van der Waals surface area (Å²) >= 11 is 0. The maximum Gasteiger partial charge on any atom is 0.258 e. The summed E-state index contributed by atoms with van der Waals surface area (Å²) < 4.78 is 24.5. The lowest BCUT2D eigenvalue weighted by Crippen LogP contribution is -2.38. The molecule has 0 radical (unpaired) electrons. The predicted molar refractivity (Wildman–Crippen MR) is 207 cm³/mol. The molecule has 3 N–H and O–H groups in total. The van der Waals surface area contributed by atoms with E-state index >= 15 is 0 Å². The molecular weight excluding hydrogens is 697 g/mol. The van der Waals surface area contributed by atoms with Crippen molar-refractivity contribution in [1.29, 1.82) is 0 Å². The van der Waals surface area contributed by atoms with Crippen molar-refractivity contribution in [3.63, 3.8) is 0 Å². The van der Waals surface area contributed by atoms with E-state index in [9.17, 15) is 14.7 Å². The lowest BCUT2D eigenvalue weighted by Gasteiger charge is -2.37. The van der Waals surface area contributed by atoms with Crippen molar-refractivity contribution in [2.45, 2.75) is 30.3 Å². The second kappa shape index (κ2) is 16.7. The molecule has 3 atom stereocenters. The third kappa shape index (κ3) is 8.09. The standard InChI is InChI=1S/C44H40N4O7/c1-52-34-22-18-32(19-23-34)44(31-16-10-5-11-17-31,33-20-24-35(53-2)25-21-33)54-28-39-37(49)26-38(55-39)36-27-45-43(48-42(51)30-14-8-4-9-15-30)47-40(36)46-41(50)29-12-6-3-7-13-29/h3-25,27,37-39,49H,26,28H2,1-2H3,(H2,45,46,47,48,50,51)/t37-,38+,39+/m0/s1. The molecule has 0 spiro atoms. The number of hydrogen-bond acceptors (Lipinski definition) is 9. The molecule has 11 heteroatoms. The van der Waals surface area contributed by atoms with Crippen LogP contribution in [0.3, 0.4) is 0 Å². The number of rotatable bonds is 13. The van der Waals surface area contributed by atoms with Gasteiger partial charge in [-0.3, -0.25) is 14.9 Å². The highest BCUT2D eigenvalue weighted by Crippen LogP contribution is 2.43. The van der Waals surface area contributed by atoms with E-state index in [0.717, 1.165) is 16.7 Å². The molecule has 0 bridgehead atoms. The SMILES string of the molecule is COc1ccc(C(OC[C@H]2O[C@@H](c3cnc(NC(=O)c4ccccc4)nc3NC(=O)c3ccccc3)C[C@@H]2O)(c2ccccc2)c2ccc(OC)cc2)cc1. The summed E-state index contributed by atoms with van der Waals surface area (Å²) in [4.78, 5) is 35.3. The summed E-state index contributed by atoms with van der Waals surface area (Å²) in [6.45, 7) is -0.0115. The molecule has 2 heterocycles. The Kier molecular flexibility index (Phi) is 11.2.